The Labute approximate surface area is 111 Å². The smallest absolute Gasteiger partial charge is 0.0552 e. The van der Waals surface area contributed by atoms with Crippen molar-refractivity contribution < 1.29 is 0 Å². The zero-order valence-corrected chi connectivity index (χ0v) is 12.0. The van der Waals surface area contributed by atoms with E-state index in [9.17, 15) is 0 Å². The van der Waals surface area contributed by atoms with E-state index in [1.54, 1.807) is 0 Å². The third-order valence-electron chi connectivity index (χ3n) is 4.29. The number of aryl methyl sites for hydroxylation is 1. The van der Waals surface area contributed by atoms with Crippen molar-refractivity contribution in [3.8, 4) is 0 Å². The van der Waals surface area contributed by atoms with E-state index < -0.39 is 0 Å². The Balaban J connectivity index is 2.05. The van der Waals surface area contributed by atoms with Gasteiger partial charge in [0.25, 0.3) is 0 Å². The van der Waals surface area contributed by atoms with E-state index in [1.165, 1.54) is 43.5 Å². The Morgan fingerprint density at radius 2 is 2.06 bits per heavy atom. The SMILES string of the molecule is CCCc1ccc(N(C)[C@@H]2CCCC[C@H]2C)cn1. The first kappa shape index (κ1) is 13.4. The lowest BCUT2D eigenvalue weighted by Crippen LogP contribution is -2.39. The molecule has 1 heterocycles. The van der Waals surface area contributed by atoms with Crippen LogP contribution in [0.3, 0.4) is 0 Å². The van der Waals surface area contributed by atoms with Crippen LogP contribution in [-0.4, -0.2) is 18.1 Å². The van der Waals surface area contributed by atoms with Crippen LogP contribution in [0.4, 0.5) is 5.69 Å². The van der Waals surface area contributed by atoms with Crippen molar-refractivity contribution >= 4 is 5.69 Å². The second-order valence-corrected chi connectivity index (χ2v) is 5.70. The van der Waals surface area contributed by atoms with Gasteiger partial charge in [-0.05, 0) is 37.3 Å². The van der Waals surface area contributed by atoms with E-state index in [2.05, 4.69) is 42.9 Å². The van der Waals surface area contributed by atoms with Crippen LogP contribution < -0.4 is 4.90 Å². The molecule has 18 heavy (non-hydrogen) atoms. The Morgan fingerprint density at radius 3 is 2.67 bits per heavy atom. The lowest BCUT2D eigenvalue weighted by atomic mass is 9.85. The fraction of sp³-hybridized carbons (Fsp3) is 0.688. The van der Waals surface area contributed by atoms with Crippen molar-refractivity contribution in [3.63, 3.8) is 0 Å². The van der Waals surface area contributed by atoms with Gasteiger partial charge in [-0.2, -0.15) is 0 Å². The maximum absolute atomic E-state index is 4.57. The predicted octanol–water partition coefficient (Wildman–Crippen LogP) is 4.05. The largest absolute Gasteiger partial charge is 0.370 e. The summed E-state index contributed by atoms with van der Waals surface area (Å²) in [6, 6.07) is 5.11. The third kappa shape index (κ3) is 3.04. The summed E-state index contributed by atoms with van der Waals surface area (Å²) in [4.78, 5) is 7.00. The number of pyridine rings is 1. The number of rotatable bonds is 4. The topological polar surface area (TPSA) is 16.1 Å². The normalized spacial score (nSPS) is 23.9. The maximum atomic E-state index is 4.57. The molecule has 1 aliphatic rings. The highest BCUT2D eigenvalue weighted by Gasteiger charge is 2.25. The van der Waals surface area contributed by atoms with E-state index in [-0.39, 0.29) is 0 Å². The van der Waals surface area contributed by atoms with Gasteiger partial charge in [0.05, 0.1) is 11.9 Å². The maximum Gasteiger partial charge on any atom is 0.0552 e. The zero-order valence-electron chi connectivity index (χ0n) is 12.0. The first-order chi connectivity index (χ1) is 8.72. The van der Waals surface area contributed by atoms with Crippen molar-refractivity contribution in [2.45, 2.75) is 58.4 Å². The molecule has 2 rings (SSSR count). The fourth-order valence-corrected chi connectivity index (χ4v) is 3.09. The van der Waals surface area contributed by atoms with E-state index in [0.717, 1.165) is 12.3 Å². The monoisotopic (exact) mass is 246 g/mol. The number of nitrogens with zero attached hydrogens (tertiary/aromatic N) is 2. The number of aromatic nitrogens is 1. The summed E-state index contributed by atoms with van der Waals surface area (Å²) in [6.07, 6.45) is 9.78. The molecule has 0 N–H and O–H groups in total. The van der Waals surface area contributed by atoms with Gasteiger partial charge in [0.2, 0.25) is 0 Å². The first-order valence-electron chi connectivity index (χ1n) is 7.40. The highest BCUT2D eigenvalue weighted by Crippen LogP contribution is 2.30. The summed E-state index contributed by atoms with van der Waals surface area (Å²) >= 11 is 0. The average Bonchev–Trinajstić information content (AvgIpc) is 2.40. The minimum Gasteiger partial charge on any atom is -0.370 e. The second kappa shape index (κ2) is 6.21. The molecule has 0 spiro atoms. The Morgan fingerprint density at radius 1 is 1.28 bits per heavy atom. The molecule has 1 aromatic heterocycles. The molecule has 1 aromatic rings. The van der Waals surface area contributed by atoms with Gasteiger partial charge >= 0.3 is 0 Å². The molecule has 0 aromatic carbocycles. The van der Waals surface area contributed by atoms with Crippen molar-refractivity contribution in [1.82, 2.24) is 4.98 Å². The Bertz CT molecular complexity index is 358. The average molecular weight is 246 g/mol. The van der Waals surface area contributed by atoms with Gasteiger partial charge in [-0.15, -0.1) is 0 Å². The van der Waals surface area contributed by atoms with Crippen LogP contribution in [-0.2, 0) is 6.42 Å². The van der Waals surface area contributed by atoms with Crippen LogP contribution in [0.1, 0.15) is 51.6 Å². The van der Waals surface area contributed by atoms with Crippen LogP contribution in [0.15, 0.2) is 18.3 Å². The van der Waals surface area contributed by atoms with Crippen LogP contribution in [0, 0.1) is 5.92 Å². The Hall–Kier alpha value is -1.05. The molecule has 100 valence electrons. The second-order valence-electron chi connectivity index (χ2n) is 5.70. The first-order valence-corrected chi connectivity index (χ1v) is 7.40. The summed E-state index contributed by atoms with van der Waals surface area (Å²) in [5, 5.41) is 0. The molecule has 0 radical (unpaired) electrons. The summed E-state index contributed by atoms with van der Waals surface area (Å²) in [7, 11) is 2.23. The lowest BCUT2D eigenvalue weighted by Gasteiger charge is -2.37. The van der Waals surface area contributed by atoms with E-state index in [1.807, 2.05) is 6.20 Å². The molecule has 0 aliphatic heterocycles. The molecule has 1 aliphatic carbocycles. The van der Waals surface area contributed by atoms with Gasteiger partial charge in [0, 0.05) is 18.8 Å². The standard InChI is InChI=1S/C16H26N2/c1-4-7-14-10-11-15(12-17-14)18(3)16-9-6-5-8-13(16)2/h10-13,16H,4-9H2,1-3H3/t13-,16-/m1/s1. The van der Waals surface area contributed by atoms with Crippen LogP contribution in [0.5, 0.6) is 0 Å². The highest BCUT2D eigenvalue weighted by atomic mass is 15.1. The van der Waals surface area contributed by atoms with Crippen LogP contribution >= 0.6 is 0 Å². The molecule has 1 saturated carbocycles. The molecule has 0 unspecified atom stereocenters. The number of hydrogen-bond acceptors (Lipinski definition) is 2. The molecule has 2 atom stereocenters. The summed E-state index contributed by atoms with van der Waals surface area (Å²) < 4.78 is 0. The van der Waals surface area contributed by atoms with E-state index >= 15 is 0 Å². The fourth-order valence-electron chi connectivity index (χ4n) is 3.09. The predicted molar refractivity (Wildman–Crippen MR) is 78.1 cm³/mol. The summed E-state index contributed by atoms with van der Waals surface area (Å²) in [6.45, 7) is 4.59. The van der Waals surface area contributed by atoms with E-state index in [4.69, 9.17) is 0 Å². The lowest BCUT2D eigenvalue weighted by molar-refractivity contribution is 0.321. The molecule has 0 saturated heterocycles. The van der Waals surface area contributed by atoms with Gasteiger partial charge in [0.15, 0.2) is 0 Å². The third-order valence-corrected chi connectivity index (χ3v) is 4.29. The minimum atomic E-state index is 0.692. The van der Waals surface area contributed by atoms with Gasteiger partial charge in [-0.1, -0.05) is 33.1 Å². The van der Waals surface area contributed by atoms with Crippen molar-refractivity contribution in [2.24, 2.45) is 5.92 Å². The van der Waals surface area contributed by atoms with Crippen molar-refractivity contribution in [2.75, 3.05) is 11.9 Å². The molecule has 1 fully saturated rings. The van der Waals surface area contributed by atoms with Gasteiger partial charge in [-0.25, -0.2) is 0 Å². The molecule has 0 bridgehead atoms. The van der Waals surface area contributed by atoms with Crippen molar-refractivity contribution in [1.29, 1.82) is 0 Å². The molecule has 0 amide bonds. The molecular formula is C16H26N2. The summed E-state index contributed by atoms with van der Waals surface area (Å²) in [5.41, 5.74) is 2.49. The van der Waals surface area contributed by atoms with Gasteiger partial charge in [-0.3, -0.25) is 4.98 Å². The van der Waals surface area contributed by atoms with E-state index in [0.29, 0.717) is 6.04 Å². The minimum absolute atomic E-state index is 0.692. The van der Waals surface area contributed by atoms with Crippen LogP contribution in [0.2, 0.25) is 0 Å². The quantitative estimate of drug-likeness (QED) is 0.796. The Kier molecular flexibility index (Phi) is 4.62. The highest BCUT2D eigenvalue weighted by molar-refractivity contribution is 5.45. The molecule has 2 heteroatoms. The van der Waals surface area contributed by atoms with Crippen LogP contribution in [0.25, 0.3) is 0 Å². The number of hydrogen-bond donors (Lipinski definition) is 0. The molecular weight excluding hydrogens is 220 g/mol. The summed E-state index contributed by atoms with van der Waals surface area (Å²) in [5.74, 6) is 0.805. The zero-order chi connectivity index (χ0) is 13.0. The number of anilines is 1. The molecule has 2 nitrogen and oxygen atoms in total. The van der Waals surface area contributed by atoms with Crippen molar-refractivity contribution in [3.05, 3.63) is 24.0 Å². The van der Waals surface area contributed by atoms with Gasteiger partial charge < -0.3 is 4.90 Å². The van der Waals surface area contributed by atoms with Gasteiger partial charge in [0.1, 0.15) is 0 Å².